The Balaban J connectivity index is 1.66. The third kappa shape index (κ3) is 3.70. The van der Waals surface area contributed by atoms with Crippen LogP contribution in [0.25, 0.3) is 0 Å². The normalized spacial score (nSPS) is 18.8. The quantitative estimate of drug-likeness (QED) is 0.763. The van der Waals surface area contributed by atoms with Crippen molar-refractivity contribution >= 4 is 6.03 Å². The number of aromatic nitrogens is 2. The number of nitrogens with one attached hydrogen (secondary N) is 1. The molecule has 1 atom stereocenters. The number of carbonyl (C=O) groups excluding carboxylic acids is 1. The van der Waals surface area contributed by atoms with Gasteiger partial charge in [-0.1, -0.05) is 0 Å². The molecule has 0 spiro atoms. The summed E-state index contributed by atoms with van der Waals surface area (Å²) in [4.78, 5) is 13.7. The average molecular weight is 266 g/mol. The molecule has 6 nitrogen and oxygen atoms in total. The van der Waals surface area contributed by atoms with Crippen LogP contribution in [-0.2, 0) is 13.5 Å². The van der Waals surface area contributed by atoms with Crippen molar-refractivity contribution in [1.29, 1.82) is 0 Å². The third-order valence-electron chi connectivity index (χ3n) is 3.53. The minimum atomic E-state index is -0.0530. The molecule has 2 amide bonds. The highest BCUT2D eigenvalue weighted by Crippen LogP contribution is 2.16. The fraction of sp³-hybridized carbons (Fsp3) is 0.692. The van der Waals surface area contributed by atoms with Gasteiger partial charge in [0.2, 0.25) is 0 Å². The molecule has 1 aromatic rings. The molecule has 2 N–H and O–H groups in total. The minimum absolute atomic E-state index is 0.00155. The van der Waals surface area contributed by atoms with E-state index >= 15 is 0 Å². The summed E-state index contributed by atoms with van der Waals surface area (Å²) in [5, 5.41) is 16.2. The first-order valence-electron chi connectivity index (χ1n) is 6.83. The van der Waals surface area contributed by atoms with Crippen molar-refractivity contribution in [3.8, 4) is 0 Å². The number of carbonyl (C=O) groups is 1. The summed E-state index contributed by atoms with van der Waals surface area (Å²) in [6, 6.07) is -0.0546. The zero-order valence-electron chi connectivity index (χ0n) is 11.4. The topological polar surface area (TPSA) is 70.4 Å². The fourth-order valence-corrected chi connectivity index (χ4v) is 2.48. The lowest BCUT2D eigenvalue weighted by atomic mass is 10.2. The number of aliphatic hydroxyl groups is 1. The van der Waals surface area contributed by atoms with Gasteiger partial charge in [0.15, 0.2) is 0 Å². The van der Waals surface area contributed by atoms with Crippen molar-refractivity contribution in [2.24, 2.45) is 7.05 Å². The number of aryl methyl sites for hydroxylation is 2. The summed E-state index contributed by atoms with van der Waals surface area (Å²) >= 11 is 0. The largest absolute Gasteiger partial charge is 0.394 e. The van der Waals surface area contributed by atoms with Crippen LogP contribution in [0.1, 0.15) is 24.8 Å². The molecule has 1 aliphatic rings. The zero-order chi connectivity index (χ0) is 13.7. The van der Waals surface area contributed by atoms with Gasteiger partial charge in [0, 0.05) is 26.3 Å². The van der Waals surface area contributed by atoms with Crippen LogP contribution < -0.4 is 5.32 Å². The Morgan fingerprint density at radius 2 is 2.47 bits per heavy atom. The Morgan fingerprint density at radius 1 is 1.63 bits per heavy atom. The molecular weight excluding hydrogens is 244 g/mol. The number of hydrogen-bond donors (Lipinski definition) is 2. The van der Waals surface area contributed by atoms with E-state index in [0.717, 1.165) is 32.2 Å². The molecular formula is C13H22N4O2. The van der Waals surface area contributed by atoms with Crippen molar-refractivity contribution in [2.75, 3.05) is 19.7 Å². The van der Waals surface area contributed by atoms with E-state index in [-0.39, 0.29) is 18.7 Å². The van der Waals surface area contributed by atoms with Gasteiger partial charge in [0.25, 0.3) is 0 Å². The predicted octanol–water partition coefficient (Wildman–Crippen LogP) is 0.519. The van der Waals surface area contributed by atoms with Crippen molar-refractivity contribution in [3.63, 3.8) is 0 Å². The van der Waals surface area contributed by atoms with Gasteiger partial charge in [-0.25, -0.2) is 4.79 Å². The molecule has 2 heterocycles. The first kappa shape index (κ1) is 13.9. The summed E-state index contributed by atoms with van der Waals surface area (Å²) in [5.41, 5.74) is 1.19. The van der Waals surface area contributed by atoms with E-state index in [0.29, 0.717) is 6.54 Å². The van der Waals surface area contributed by atoms with Crippen LogP contribution in [0.15, 0.2) is 12.4 Å². The first-order valence-corrected chi connectivity index (χ1v) is 6.83. The zero-order valence-corrected chi connectivity index (χ0v) is 11.4. The van der Waals surface area contributed by atoms with E-state index < -0.39 is 0 Å². The number of hydrogen-bond acceptors (Lipinski definition) is 3. The van der Waals surface area contributed by atoms with Crippen molar-refractivity contribution < 1.29 is 9.90 Å². The highest BCUT2D eigenvalue weighted by atomic mass is 16.3. The molecule has 106 valence electrons. The minimum Gasteiger partial charge on any atom is -0.394 e. The number of urea groups is 1. The highest BCUT2D eigenvalue weighted by molar-refractivity contribution is 5.74. The maximum absolute atomic E-state index is 11.9. The molecule has 1 aliphatic heterocycles. The Morgan fingerprint density at radius 3 is 3.16 bits per heavy atom. The molecule has 1 aromatic heterocycles. The van der Waals surface area contributed by atoms with Gasteiger partial charge < -0.3 is 15.3 Å². The maximum atomic E-state index is 11.9. The second-order valence-corrected chi connectivity index (χ2v) is 5.03. The smallest absolute Gasteiger partial charge is 0.317 e. The summed E-state index contributed by atoms with van der Waals surface area (Å²) < 4.78 is 1.78. The van der Waals surface area contributed by atoms with E-state index in [4.69, 9.17) is 0 Å². The molecule has 1 saturated heterocycles. The summed E-state index contributed by atoms with van der Waals surface area (Å²) in [5.74, 6) is 0. The van der Waals surface area contributed by atoms with Gasteiger partial charge >= 0.3 is 6.03 Å². The second kappa shape index (κ2) is 6.56. The predicted molar refractivity (Wildman–Crippen MR) is 71.7 cm³/mol. The van der Waals surface area contributed by atoms with Crippen molar-refractivity contribution in [3.05, 3.63) is 18.0 Å². The van der Waals surface area contributed by atoms with Crippen LogP contribution in [0.4, 0.5) is 4.79 Å². The van der Waals surface area contributed by atoms with E-state index in [1.165, 1.54) is 5.56 Å². The number of amides is 2. The van der Waals surface area contributed by atoms with Gasteiger partial charge in [0.05, 0.1) is 18.8 Å². The number of rotatable bonds is 5. The monoisotopic (exact) mass is 266 g/mol. The van der Waals surface area contributed by atoms with Crippen LogP contribution in [0.2, 0.25) is 0 Å². The summed E-state index contributed by atoms with van der Waals surface area (Å²) in [6.45, 7) is 1.46. The summed E-state index contributed by atoms with van der Waals surface area (Å²) in [7, 11) is 1.90. The lowest BCUT2D eigenvalue weighted by Crippen LogP contribution is -2.44. The maximum Gasteiger partial charge on any atom is 0.317 e. The Labute approximate surface area is 113 Å². The molecule has 0 saturated carbocycles. The number of nitrogens with zero attached hydrogens (tertiary/aromatic N) is 3. The van der Waals surface area contributed by atoms with Gasteiger partial charge in [0.1, 0.15) is 0 Å². The average Bonchev–Trinajstić information content (AvgIpc) is 3.02. The molecule has 2 rings (SSSR count). The van der Waals surface area contributed by atoms with Gasteiger partial charge in [-0.2, -0.15) is 5.10 Å². The molecule has 0 bridgehead atoms. The van der Waals surface area contributed by atoms with E-state index in [9.17, 15) is 9.90 Å². The summed E-state index contributed by atoms with van der Waals surface area (Å²) in [6.07, 6.45) is 7.54. The van der Waals surface area contributed by atoms with Gasteiger partial charge in [-0.15, -0.1) is 0 Å². The standard InChI is InChI=1S/C13H22N4O2/c1-16-9-11(8-15-16)4-2-6-14-13(19)17-7-3-5-12(17)10-18/h8-9,12,18H,2-7,10H2,1H3,(H,14,19). The van der Waals surface area contributed by atoms with Crippen LogP contribution >= 0.6 is 0 Å². The van der Waals surface area contributed by atoms with Crippen LogP contribution in [0.3, 0.4) is 0 Å². The van der Waals surface area contributed by atoms with Crippen LogP contribution in [-0.4, -0.2) is 51.6 Å². The van der Waals surface area contributed by atoms with E-state index in [1.54, 1.807) is 9.58 Å². The fourth-order valence-electron chi connectivity index (χ4n) is 2.48. The molecule has 0 aliphatic carbocycles. The van der Waals surface area contributed by atoms with Crippen molar-refractivity contribution in [2.45, 2.75) is 31.7 Å². The number of aliphatic hydroxyl groups excluding tert-OH is 1. The SMILES string of the molecule is Cn1cc(CCCNC(=O)N2CCCC2CO)cn1. The Bertz CT molecular complexity index is 419. The van der Waals surface area contributed by atoms with E-state index in [2.05, 4.69) is 10.4 Å². The molecule has 19 heavy (non-hydrogen) atoms. The van der Waals surface area contributed by atoms with Crippen LogP contribution in [0, 0.1) is 0 Å². The lowest BCUT2D eigenvalue weighted by molar-refractivity contribution is 0.157. The number of likely N-dealkylation sites (tertiary alicyclic amines) is 1. The lowest BCUT2D eigenvalue weighted by Gasteiger charge is -2.23. The van der Waals surface area contributed by atoms with E-state index in [1.807, 2.05) is 19.4 Å². The molecule has 1 fully saturated rings. The first-order chi connectivity index (χ1) is 9.20. The molecule has 0 radical (unpaired) electrons. The molecule has 6 heteroatoms. The molecule has 0 aromatic carbocycles. The van der Waals surface area contributed by atoms with Gasteiger partial charge in [-0.3, -0.25) is 4.68 Å². The Hall–Kier alpha value is -1.56. The Kier molecular flexibility index (Phi) is 4.79. The third-order valence-corrected chi connectivity index (χ3v) is 3.53. The van der Waals surface area contributed by atoms with Crippen molar-refractivity contribution in [1.82, 2.24) is 20.0 Å². The second-order valence-electron chi connectivity index (χ2n) is 5.03. The molecule has 1 unspecified atom stereocenters. The highest BCUT2D eigenvalue weighted by Gasteiger charge is 2.27. The van der Waals surface area contributed by atoms with Crippen LogP contribution in [0.5, 0.6) is 0 Å². The van der Waals surface area contributed by atoms with Gasteiger partial charge in [-0.05, 0) is 31.2 Å².